The minimum Gasteiger partial charge on any atom is -0.445 e. The van der Waals surface area contributed by atoms with Crippen molar-refractivity contribution in [1.82, 2.24) is 0 Å². The normalized spacial score (nSPS) is 11.5. The molecule has 3 nitrogen and oxygen atoms in total. The molecular weight excluding hydrogens is 350 g/mol. The molecule has 10 heteroatoms. The van der Waals surface area contributed by atoms with Gasteiger partial charge in [-0.25, -0.2) is 0 Å². The number of rotatable bonds is 4. The Morgan fingerprint density at radius 1 is 1.14 bits per heavy atom. The maximum absolute atomic E-state index is 13.2. The van der Waals surface area contributed by atoms with Crippen LogP contribution in [0.2, 0.25) is 0 Å². The topological polar surface area (TPSA) is 43.4 Å². The van der Waals surface area contributed by atoms with E-state index in [1.165, 1.54) is 13.8 Å². The molecule has 0 amide bonds. The van der Waals surface area contributed by atoms with Crippen LogP contribution in [0.5, 0.6) is 5.75 Å². The van der Waals surface area contributed by atoms with Crippen molar-refractivity contribution in [3.63, 3.8) is 0 Å². The monoisotopic (exact) mass is 362 g/mol. The quantitative estimate of drug-likeness (QED) is 0.312. The van der Waals surface area contributed by atoms with E-state index in [1.54, 1.807) is 0 Å². The molecule has 0 heterocycles. The third-order valence-electron chi connectivity index (χ3n) is 3.18. The van der Waals surface area contributed by atoms with Crippen molar-refractivity contribution in [3.8, 4) is 18.1 Å². The third kappa shape index (κ3) is 4.98. The Hall–Kier alpha value is -0.0487. The number of benzene rings is 1. The second-order valence-electron chi connectivity index (χ2n) is 4.53. The number of halogens is 4. The van der Waals surface area contributed by atoms with Crippen LogP contribution in [-0.2, 0) is 16.9 Å². The Balaban J connectivity index is 0.00000441. The van der Waals surface area contributed by atoms with Gasteiger partial charge in [-0.1, -0.05) is 14.9 Å². The van der Waals surface area contributed by atoms with Gasteiger partial charge < -0.3 is 17.1 Å². The zero-order chi connectivity index (χ0) is 16.6. The van der Waals surface area contributed by atoms with Gasteiger partial charge in [-0.05, 0) is 37.5 Å². The fourth-order valence-corrected chi connectivity index (χ4v) is 2.80. The molecule has 0 aliphatic rings. The third-order valence-corrected chi connectivity index (χ3v) is 3.55. The molecular formula is C12H12BF4KO3S. The summed E-state index contributed by atoms with van der Waals surface area (Å²) >= 11 is 0. The first-order valence-corrected chi connectivity index (χ1v) is 7.11. The maximum Gasteiger partial charge on any atom is 1.00 e. The Morgan fingerprint density at radius 2 is 1.64 bits per heavy atom. The Bertz CT molecular complexity index is 724. The van der Waals surface area contributed by atoms with E-state index in [2.05, 4.69) is 10.1 Å². The van der Waals surface area contributed by atoms with Gasteiger partial charge >= 0.3 is 68.9 Å². The van der Waals surface area contributed by atoms with Gasteiger partial charge in [-0.2, -0.15) is 8.42 Å². The van der Waals surface area contributed by atoms with Crippen LogP contribution in [-0.4, -0.2) is 15.4 Å². The van der Waals surface area contributed by atoms with Gasteiger partial charge in [0.2, 0.25) is 0 Å². The first-order valence-electron chi connectivity index (χ1n) is 5.80. The molecule has 0 radical (unpaired) electrons. The zero-order valence-corrected chi connectivity index (χ0v) is 16.4. The van der Waals surface area contributed by atoms with E-state index >= 15 is 0 Å². The summed E-state index contributed by atoms with van der Waals surface area (Å²) in [5.41, 5.74) is -1.40. The van der Waals surface area contributed by atoms with Gasteiger partial charge in [0.05, 0.1) is 0 Å². The van der Waals surface area contributed by atoms with Crippen molar-refractivity contribution in [2.75, 3.05) is 0 Å². The van der Waals surface area contributed by atoms with Crippen molar-refractivity contribution in [2.24, 2.45) is 0 Å². The Morgan fingerprint density at radius 3 is 2.00 bits per heavy atom. The fourth-order valence-electron chi connectivity index (χ4n) is 2.35. The van der Waals surface area contributed by atoms with Crippen LogP contribution >= 0.6 is 0 Å². The molecule has 0 N–H and O–H groups in total. The molecule has 116 valence electrons. The van der Waals surface area contributed by atoms with Crippen molar-refractivity contribution in [2.45, 2.75) is 27.2 Å². The van der Waals surface area contributed by atoms with Crippen molar-refractivity contribution in [1.29, 1.82) is 0 Å². The van der Waals surface area contributed by atoms with Crippen LogP contribution in [0.1, 0.15) is 22.3 Å². The van der Waals surface area contributed by atoms with Crippen LogP contribution in [0.15, 0.2) is 0 Å². The van der Waals surface area contributed by atoms with Crippen LogP contribution in [0, 0.1) is 33.1 Å². The van der Waals surface area contributed by atoms with E-state index in [-0.39, 0.29) is 74.5 Å². The molecule has 0 unspecified atom stereocenters. The summed E-state index contributed by atoms with van der Waals surface area (Å²) in [6.45, 7) is -1.83. The van der Waals surface area contributed by atoms with Gasteiger partial charge in [0.25, 0.3) is 0 Å². The molecule has 0 aromatic heterocycles. The summed E-state index contributed by atoms with van der Waals surface area (Å²) in [6.07, 6.45) is 4.96. The second-order valence-corrected chi connectivity index (χ2v) is 5.48. The summed E-state index contributed by atoms with van der Waals surface area (Å²) in [5, 5.41) is 0. The Kier molecular flexibility index (Phi) is 7.66. The first-order chi connectivity index (χ1) is 9.40. The molecule has 0 bridgehead atoms. The molecule has 1 rings (SSSR count). The minimum absolute atomic E-state index is 0. The number of hydrogen-bond donors (Lipinski definition) is 0. The van der Waals surface area contributed by atoms with E-state index in [0.717, 1.165) is 6.92 Å². The van der Waals surface area contributed by atoms with Gasteiger partial charge in [0.1, 0.15) is 5.75 Å². The van der Waals surface area contributed by atoms with Crippen LogP contribution in [0.3, 0.4) is 0 Å². The summed E-state index contributed by atoms with van der Waals surface area (Å²) in [7, 11) is -5.44. The van der Waals surface area contributed by atoms with Gasteiger partial charge in [0.15, 0.2) is 0 Å². The van der Waals surface area contributed by atoms with Crippen molar-refractivity contribution in [3.05, 3.63) is 22.3 Å². The van der Waals surface area contributed by atoms with E-state index in [4.69, 9.17) is 6.42 Å². The van der Waals surface area contributed by atoms with Gasteiger partial charge in [-0.15, -0.1) is 12.3 Å². The molecule has 0 fully saturated rings. The zero-order valence-electron chi connectivity index (χ0n) is 12.5. The smallest absolute Gasteiger partial charge is 0.445 e. The van der Waals surface area contributed by atoms with Crippen molar-refractivity contribution >= 4 is 22.9 Å². The molecule has 1 aromatic carbocycles. The number of hydrogen-bond acceptors (Lipinski definition) is 3. The van der Waals surface area contributed by atoms with Crippen LogP contribution in [0.4, 0.5) is 16.8 Å². The van der Waals surface area contributed by atoms with E-state index in [9.17, 15) is 25.3 Å². The maximum atomic E-state index is 13.2. The van der Waals surface area contributed by atoms with Crippen molar-refractivity contribution < 1.29 is 80.8 Å². The van der Waals surface area contributed by atoms with E-state index in [0.29, 0.717) is 0 Å². The van der Waals surface area contributed by atoms with E-state index < -0.39 is 34.3 Å². The summed E-state index contributed by atoms with van der Waals surface area (Å²) in [5.74, 6) is 1.53. The Labute approximate surface area is 169 Å². The molecule has 0 atom stereocenters. The molecule has 0 spiro atoms. The molecule has 0 saturated carbocycles. The summed E-state index contributed by atoms with van der Waals surface area (Å²) in [4.78, 5) is 0. The molecule has 0 aliphatic carbocycles. The average Bonchev–Trinajstić information content (AvgIpc) is 2.27. The van der Waals surface area contributed by atoms with Gasteiger partial charge in [0, 0.05) is 6.42 Å². The van der Waals surface area contributed by atoms with Gasteiger partial charge in [-0.3, -0.25) is 0 Å². The minimum atomic E-state index is -5.44. The molecule has 0 saturated heterocycles. The molecule has 1 aromatic rings. The summed E-state index contributed by atoms with van der Waals surface area (Å²) in [6, 6.07) is 0. The standard InChI is InChI=1S/C12H12BF4O3S.K/c1-5-6-10-7(2)11(13(14,15)16)9(4)12(8(10)3)20-21(17,18)19;/h1H,6H2,2-4H3;/q-1;+1. The molecule has 22 heavy (non-hydrogen) atoms. The average molecular weight is 362 g/mol. The predicted octanol–water partition coefficient (Wildman–Crippen LogP) is -0.561. The van der Waals surface area contributed by atoms with Crippen LogP contribution in [0.25, 0.3) is 0 Å². The largest absolute Gasteiger partial charge is 1.00 e. The fraction of sp³-hybridized carbons (Fsp3) is 0.333. The number of terminal acetylenes is 1. The first kappa shape index (κ1) is 22.0. The summed E-state index contributed by atoms with van der Waals surface area (Å²) < 4.78 is 77.6. The predicted molar refractivity (Wildman–Crippen MR) is 72.6 cm³/mol. The molecule has 0 aliphatic heterocycles. The van der Waals surface area contributed by atoms with Crippen LogP contribution < -0.4 is 61.0 Å². The SMILES string of the molecule is C#CCc1c(C)c(OS(=O)(=O)F)c(C)c([B-](F)(F)F)c1C.[K+]. The van der Waals surface area contributed by atoms with E-state index in [1.807, 2.05) is 0 Å². The second kappa shape index (κ2) is 7.68.